The molecule has 0 fully saturated rings. The van der Waals surface area contributed by atoms with E-state index < -0.39 is 0 Å². The highest BCUT2D eigenvalue weighted by atomic mass is 16.2. The Morgan fingerprint density at radius 1 is 0.912 bits per heavy atom. The fraction of sp³-hybridized carbons (Fsp3) is 0.179. The van der Waals surface area contributed by atoms with E-state index >= 15 is 0 Å². The first-order valence-corrected chi connectivity index (χ1v) is 11.3. The van der Waals surface area contributed by atoms with Gasteiger partial charge in [0.25, 0.3) is 5.56 Å². The Hall–Kier alpha value is -4.19. The molecule has 0 saturated heterocycles. The Morgan fingerprint density at radius 3 is 2.44 bits per heavy atom. The number of aryl methyl sites for hydroxylation is 2. The molecule has 2 aromatic heterocycles. The summed E-state index contributed by atoms with van der Waals surface area (Å²) in [5.74, 6) is -0.254. The van der Waals surface area contributed by atoms with Crippen LogP contribution >= 0.6 is 0 Å². The Bertz CT molecular complexity index is 1560. The van der Waals surface area contributed by atoms with Crippen molar-refractivity contribution >= 4 is 27.7 Å². The summed E-state index contributed by atoms with van der Waals surface area (Å²) in [5.41, 5.74) is 5.75. The monoisotopic (exact) mass is 450 g/mol. The van der Waals surface area contributed by atoms with Crippen molar-refractivity contribution in [3.05, 3.63) is 112 Å². The molecule has 2 heterocycles. The number of fused-ring (bicyclic) bond motifs is 3. The fourth-order valence-corrected chi connectivity index (χ4v) is 4.33. The zero-order valence-electron chi connectivity index (χ0n) is 19.3. The van der Waals surface area contributed by atoms with Gasteiger partial charge in [-0.15, -0.1) is 0 Å². The van der Waals surface area contributed by atoms with Crippen LogP contribution in [0.5, 0.6) is 0 Å². The molecule has 0 radical (unpaired) electrons. The van der Waals surface area contributed by atoms with Gasteiger partial charge < -0.3 is 9.88 Å². The van der Waals surface area contributed by atoms with Crippen molar-refractivity contribution in [2.24, 2.45) is 0 Å². The van der Waals surface area contributed by atoms with Gasteiger partial charge in [-0.05, 0) is 36.6 Å². The third kappa shape index (κ3) is 4.10. The number of hydrogen-bond acceptors (Lipinski definition) is 3. The second kappa shape index (κ2) is 8.98. The first-order chi connectivity index (χ1) is 16.5. The maximum Gasteiger partial charge on any atom is 0.291 e. The molecule has 0 aliphatic heterocycles. The zero-order chi connectivity index (χ0) is 23.7. The number of nitrogens with one attached hydrogen (secondary N) is 1. The molecule has 0 saturated carbocycles. The first-order valence-electron chi connectivity index (χ1n) is 11.3. The van der Waals surface area contributed by atoms with Gasteiger partial charge in [0.1, 0.15) is 12.1 Å². The van der Waals surface area contributed by atoms with Crippen LogP contribution in [0.2, 0.25) is 0 Å². The zero-order valence-corrected chi connectivity index (χ0v) is 19.3. The van der Waals surface area contributed by atoms with Crippen LogP contribution in [0.15, 0.2) is 83.8 Å². The Labute approximate surface area is 197 Å². The Balaban J connectivity index is 1.49. The lowest BCUT2D eigenvalue weighted by Crippen LogP contribution is -2.33. The van der Waals surface area contributed by atoms with Gasteiger partial charge in [0.15, 0.2) is 0 Å². The van der Waals surface area contributed by atoms with E-state index in [9.17, 15) is 9.59 Å². The molecule has 34 heavy (non-hydrogen) atoms. The van der Waals surface area contributed by atoms with Crippen LogP contribution < -0.4 is 10.9 Å². The van der Waals surface area contributed by atoms with Crippen molar-refractivity contribution < 1.29 is 4.79 Å². The maximum atomic E-state index is 13.5. The van der Waals surface area contributed by atoms with Gasteiger partial charge in [-0.25, -0.2) is 4.68 Å². The van der Waals surface area contributed by atoms with Crippen LogP contribution in [0.25, 0.3) is 21.8 Å². The van der Waals surface area contributed by atoms with Crippen LogP contribution in [0.3, 0.4) is 0 Å². The summed E-state index contributed by atoms with van der Waals surface area (Å²) in [7, 11) is 0. The number of benzene rings is 3. The summed E-state index contributed by atoms with van der Waals surface area (Å²) in [4.78, 5) is 26.2. The molecule has 1 N–H and O–H groups in total. The minimum absolute atomic E-state index is 0.132. The van der Waals surface area contributed by atoms with E-state index in [0.717, 1.165) is 27.4 Å². The predicted octanol–water partition coefficient (Wildman–Crippen LogP) is 4.33. The van der Waals surface area contributed by atoms with Crippen molar-refractivity contribution in [3.8, 4) is 0 Å². The number of aromatic nitrogens is 3. The number of rotatable bonds is 6. The van der Waals surface area contributed by atoms with Gasteiger partial charge in [0, 0.05) is 29.4 Å². The molecule has 0 unspecified atom stereocenters. The molecule has 0 aliphatic carbocycles. The van der Waals surface area contributed by atoms with Crippen LogP contribution in [0.4, 0.5) is 0 Å². The number of hydrogen-bond donors (Lipinski definition) is 1. The summed E-state index contributed by atoms with van der Waals surface area (Å²) in [6.07, 6.45) is 1.70. The van der Waals surface area contributed by atoms with Gasteiger partial charge in [0.05, 0.1) is 6.20 Å². The van der Waals surface area contributed by atoms with E-state index in [4.69, 9.17) is 0 Å². The van der Waals surface area contributed by atoms with Gasteiger partial charge >= 0.3 is 0 Å². The van der Waals surface area contributed by atoms with Gasteiger partial charge in [0.2, 0.25) is 5.91 Å². The van der Waals surface area contributed by atoms with Gasteiger partial charge in [-0.1, -0.05) is 72.3 Å². The second-order valence-corrected chi connectivity index (χ2v) is 8.66. The third-order valence-corrected chi connectivity index (χ3v) is 6.27. The lowest BCUT2D eigenvalue weighted by Gasteiger charge is -2.11. The van der Waals surface area contributed by atoms with E-state index in [2.05, 4.69) is 29.5 Å². The molecule has 3 aromatic carbocycles. The largest absolute Gasteiger partial charge is 0.350 e. The van der Waals surface area contributed by atoms with E-state index in [1.807, 2.05) is 72.2 Å². The molecule has 0 bridgehead atoms. The highest BCUT2D eigenvalue weighted by Gasteiger charge is 2.17. The molecular weight excluding hydrogens is 424 g/mol. The van der Waals surface area contributed by atoms with Crippen LogP contribution in [0, 0.1) is 13.8 Å². The minimum Gasteiger partial charge on any atom is -0.350 e. The Kier molecular flexibility index (Phi) is 5.72. The molecule has 6 nitrogen and oxygen atoms in total. The SMILES string of the molecule is Cc1ccc(CNC(=O)Cn2ncc3c4ccccc4n(Cc4ccccc4C)c3c2=O)cc1. The molecular formula is C28H26N4O2. The third-order valence-electron chi connectivity index (χ3n) is 6.27. The first kappa shape index (κ1) is 21.6. The molecule has 5 rings (SSSR count). The summed E-state index contributed by atoms with van der Waals surface area (Å²) >= 11 is 0. The number of amides is 1. The predicted molar refractivity (Wildman–Crippen MR) is 135 cm³/mol. The van der Waals surface area contributed by atoms with Crippen molar-refractivity contribution in [1.82, 2.24) is 19.7 Å². The van der Waals surface area contributed by atoms with E-state index in [1.54, 1.807) is 6.20 Å². The topological polar surface area (TPSA) is 68.9 Å². The fourth-order valence-electron chi connectivity index (χ4n) is 4.33. The van der Waals surface area contributed by atoms with Crippen LogP contribution in [-0.2, 0) is 24.4 Å². The second-order valence-electron chi connectivity index (χ2n) is 8.66. The highest BCUT2D eigenvalue weighted by molar-refractivity contribution is 6.07. The Morgan fingerprint density at radius 2 is 1.65 bits per heavy atom. The quantitative estimate of drug-likeness (QED) is 0.419. The lowest BCUT2D eigenvalue weighted by atomic mass is 10.1. The molecule has 0 aliphatic rings. The molecule has 0 spiro atoms. The summed E-state index contributed by atoms with van der Waals surface area (Å²) < 4.78 is 3.29. The average molecular weight is 451 g/mol. The average Bonchev–Trinajstić information content (AvgIpc) is 3.16. The van der Waals surface area contributed by atoms with E-state index in [-0.39, 0.29) is 18.0 Å². The standard InChI is InChI=1S/C28H26N4O2/c1-19-11-13-21(14-12-19)15-29-26(33)18-32-28(34)27-24(16-30-32)23-9-5-6-10-25(23)31(27)17-22-8-4-3-7-20(22)2/h3-14,16H,15,17-18H2,1-2H3,(H,29,33). The van der Waals surface area contributed by atoms with Crippen molar-refractivity contribution in [2.75, 3.05) is 0 Å². The van der Waals surface area contributed by atoms with E-state index in [0.29, 0.717) is 18.6 Å². The summed E-state index contributed by atoms with van der Waals surface area (Å²) in [5, 5.41) is 8.99. The lowest BCUT2D eigenvalue weighted by molar-refractivity contribution is -0.122. The van der Waals surface area contributed by atoms with Crippen molar-refractivity contribution in [3.63, 3.8) is 0 Å². The smallest absolute Gasteiger partial charge is 0.291 e. The number of nitrogens with zero attached hydrogens (tertiary/aromatic N) is 3. The molecule has 170 valence electrons. The van der Waals surface area contributed by atoms with Crippen molar-refractivity contribution in [2.45, 2.75) is 33.5 Å². The molecule has 6 heteroatoms. The number of para-hydroxylation sites is 1. The van der Waals surface area contributed by atoms with Crippen molar-refractivity contribution in [1.29, 1.82) is 0 Å². The minimum atomic E-state index is -0.271. The number of carbonyl (C=O) groups is 1. The van der Waals surface area contributed by atoms with Gasteiger partial charge in [-0.3, -0.25) is 9.59 Å². The van der Waals surface area contributed by atoms with E-state index in [1.165, 1.54) is 15.8 Å². The van der Waals surface area contributed by atoms with Gasteiger partial charge in [-0.2, -0.15) is 5.10 Å². The molecule has 5 aromatic rings. The number of carbonyl (C=O) groups excluding carboxylic acids is 1. The normalized spacial score (nSPS) is 11.2. The summed E-state index contributed by atoms with van der Waals surface area (Å²) in [6, 6.07) is 24.1. The highest BCUT2D eigenvalue weighted by Crippen LogP contribution is 2.27. The molecule has 1 amide bonds. The maximum absolute atomic E-state index is 13.5. The molecule has 0 atom stereocenters. The van der Waals surface area contributed by atoms with Crippen LogP contribution in [-0.4, -0.2) is 20.3 Å². The van der Waals surface area contributed by atoms with Crippen LogP contribution in [0.1, 0.15) is 22.3 Å². The summed E-state index contributed by atoms with van der Waals surface area (Å²) in [6.45, 7) is 4.93.